The zero-order valence-corrected chi connectivity index (χ0v) is 18.4. The van der Waals surface area contributed by atoms with Gasteiger partial charge in [0.25, 0.3) is 5.56 Å². The van der Waals surface area contributed by atoms with Crippen molar-refractivity contribution in [2.75, 3.05) is 5.32 Å². The summed E-state index contributed by atoms with van der Waals surface area (Å²) >= 11 is 12.2. The predicted molar refractivity (Wildman–Crippen MR) is 124 cm³/mol. The molecule has 2 aliphatic rings. The fourth-order valence-corrected chi connectivity index (χ4v) is 5.15. The molecule has 2 atom stereocenters. The molecule has 0 saturated heterocycles. The summed E-state index contributed by atoms with van der Waals surface area (Å²) in [6.45, 7) is 0. The second kappa shape index (κ2) is 8.18. The highest BCUT2D eigenvalue weighted by atomic mass is 35.5. The van der Waals surface area contributed by atoms with Gasteiger partial charge in [-0.05, 0) is 54.3 Å². The number of pyridine rings is 1. The Morgan fingerprint density at radius 1 is 0.839 bits per heavy atom. The third kappa shape index (κ3) is 3.68. The van der Waals surface area contributed by atoms with Crippen LogP contribution in [0.1, 0.15) is 59.3 Å². The lowest BCUT2D eigenvalue weighted by molar-refractivity contribution is 0.0923. The molecule has 2 aromatic carbocycles. The van der Waals surface area contributed by atoms with E-state index in [9.17, 15) is 9.59 Å². The van der Waals surface area contributed by atoms with E-state index in [4.69, 9.17) is 23.2 Å². The fourth-order valence-electron chi connectivity index (χ4n) is 4.90. The lowest BCUT2D eigenvalue weighted by atomic mass is 9.94. The SMILES string of the molecule is O=C(c1ccc(=O)n2c1N[C@H](c1ccc(Cl)cc1)[C@@H]2c1ccc(Cl)cc1)C1CCCC1. The molecular weight excluding hydrogens is 431 g/mol. The third-order valence-electron chi connectivity index (χ3n) is 6.44. The number of hydrogen-bond donors (Lipinski definition) is 1. The summed E-state index contributed by atoms with van der Waals surface area (Å²) in [5.41, 5.74) is 2.40. The molecule has 6 heteroatoms. The Hall–Kier alpha value is -2.56. The van der Waals surface area contributed by atoms with Crippen LogP contribution in [0.5, 0.6) is 0 Å². The quantitative estimate of drug-likeness (QED) is 0.473. The van der Waals surface area contributed by atoms with Crippen LogP contribution in [-0.2, 0) is 0 Å². The Balaban J connectivity index is 1.66. The van der Waals surface area contributed by atoms with Crippen molar-refractivity contribution in [2.45, 2.75) is 37.8 Å². The molecule has 1 aromatic heterocycles. The van der Waals surface area contributed by atoms with Crippen LogP contribution in [-0.4, -0.2) is 10.4 Å². The van der Waals surface area contributed by atoms with E-state index in [-0.39, 0.29) is 29.3 Å². The smallest absolute Gasteiger partial charge is 0.252 e. The minimum atomic E-state index is -0.308. The minimum absolute atomic E-state index is 0.0348. The average molecular weight is 453 g/mol. The van der Waals surface area contributed by atoms with Gasteiger partial charge in [0.1, 0.15) is 5.82 Å². The molecule has 1 N–H and O–H groups in total. The first-order valence-electron chi connectivity index (χ1n) is 10.6. The van der Waals surface area contributed by atoms with Crippen molar-refractivity contribution >= 4 is 34.8 Å². The molecule has 2 heterocycles. The zero-order chi connectivity index (χ0) is 21.5. The van der Waals surface area contributed by atoms with Crippen molar-refractivity contribution in [2.24, 2.45) is 5.92 Å². The van der Waals surface area contributed by atoms with Gasteiger partial charge in [0.15, 0.2) is 5.78 Å². The fraction of sp³-hybridized carbons (Fsp3) is 0.280. The van der Waals surface area contributed by atoms with Crippen molar-refractivity contribution in [3.63, 3.8) is 0 Å². The van der Waals surface area contributed by atoms with Crippen LogP contribution in [0.15, 0.2) is 65.5 Å². The molecule has 158 valence electrons. The normalized spacial score (nSPS) is 20.5. The first-order chi connectivity index (χ1) is 15.0. The summed E-state index contributed by atoms with van der Waals surface area (Å²) in [5, 5.41) is 4.80. The number of anilines is 1. The molecule has 5 rings (SSSR count). The number of Topliss-reactive ketones (excluding diaryl/α,β-unsaturated/α-hetero) is 1. The van der Waals surface area contributed by atoms with Crippen LogP contribution in [0.4, 0.5) is 5.82 Å². The topological polar surface area (TPSA) is 51.1 Å². The lowest BCUT2D eigenvalue weighted by Crippen LogP contribution is -2.25. The summed E-state index contributed by atoms with van der Waals surface area (Å²) in [4.78, 5) is 26.4. The highest BCUT2D eigenvalue weighted by Gasteiger charge is 2.38. The van der Waals surface area contributed by atoms with E-state index in [1.54, 1.807) is 10.6 Å². The highest BCUT2D eigenvalue weighted by Crippen LogP contribution is 2.44. The van der Waals surface area contributed by atoms with Gasteiger partial charge >= 0.3 is 0 Å². The molecule has 3 aromatic rings. The lowest BCUT2D eigenvalue weighted by Gasteiger charge is -2.22. The van der Waals surface area contributed by atoms with Gasteiger partial charge in [0.2, 0.25) is 0 Å². The maximum atomic E-state index is 13.3. The number of carbonyl (C=O) groups is 1. The van der Waals surface area contributed by atoms with Gasteiger partial charge in [-0.2, -0.15) is 0 Å². The van der Waals surface area contributed by atoms with E-state index in [0.29, 0.717) is 21.4 Å². The Kier molecular flexibility index (Phi) is 5.37. The number of ketones is 1. The molecule has 31 heavy (non-hydrogen) atoms. The monoisotopic (exact) mass is 452 g/mol. The number of hydrogen-bond acceptors (Lipinski definition) is 3. The summed E-state index contributed by atoms with van der Waals surface area (Å²) < 4.78 is 1.73. The van der Waals surface area contributed by atoms with E-state index in [1.165, 1.54) is 6.07 Å². The third-order valence-corrected chi connectivity index (χ3v) is 6.95. The van der Waals surface area contributed by atoms with Gasteiger partial charge in [-0.1, -0.05) is 60.3 Å². The summed E-state index contributed by atoms with van der Waals surface area (Å²) in [6.07, 6.45) is 4.00. The Morgan fingerprint density at radius 2 is 1.42 bits per heavy atom. The van der Waals surface area contributed by atoms with Crippen molar-refractivity contribution in [1.29, 1.82) is 0 Å². The molecule has 4 nitrogen and oxygen atoms in total. The number of benzene rings is 2. The number of aromatic nitrogens is 1. The van der Waals surface area contributed by atoms with E-state index in [0.717, 1.165) is 36.8 Å². The Bertz CT molecular complexity index is 1180. The number of fused-ring (bicyclic) bond motifs is 1. The van der Waals surface area contributed by atoms with E-state index < -0.39 is 0 Å². The maximum Gasteiger partial charge on any atom is 0.252 e. The summed E-state index contributed by atoms with van der Waals surface area (Å²) in [7, 11) is 0. The van der Waals surface area contributed by atoms with Crippen molar-refractivity contribution in [3.8, 4) is 0 Å². The first kappa shape index (κ1) is 20.3. The molecule has 0 bridgehead atoms. The Labute approximate surface area is 190 Å². The molecule has 0 radical (unpaired) electrons. The van der Waals surface area contributed by atoms with Crippen molar-refractivity contribution < 1.29 is 4.79 Å². The van der Waals surface area contributed by atoms with E-state index in [2.05, 4.69) is 5.32 Å². The number of halogens is 2. The summed E-state index contributed by atoms with van der Waals surface area (Å²) in [5.74, 6) is 0.761. The van der Waals surface area contributed by atoms with Gasteiger partial charge < -0.3 is 5.32 Å². The van der Waals surface area contributed by atoms with Gasteiger partial charge in [0, 0.05) is 22.0 Å². The Morgan fingerprint density at radius 3 is 2.03 bits per heavy atom. The molecule has 1 fully saturated rings. The molecule has 1 aliphatic heterocycles. The van der Waals surface area contributed by atoms with Crippen LogP contribution >= 0.6 is 23.2 Å². The summed E-state index contributed by atoms with van der Waals surface area (Å²) in [6, 6.07) is 17.8. The van der Waals surface area contributed by atoms with Gasteiger partial charge in [-0.15, -0.1) is 0 Å². The maximum absolute atomic E-state index is 13.3. The molecule has 0 unspecified atom stereocenters. The van der Waals surface area contributed by atoms with E-state index >= 15 is 0 Å². The molecular formula is C25H22Cl2N2O2. The molecule has 0 amide bonds. The van der Waals surface area contributed by atoms with Crippen LogP contribution in [0.2, 0.25) is 10.0 Å². The average Bonchev–Trinajstić information content (AvgIpc) is 3.44. The van der Waals surface area contributed by atoms with Crippen LogP contribution in [0.25, 0.3) is 0 Å². The van der Waals surface area contributed by atoms with Crippen LogP contribution < -0.4 is 10.9 Å². The zero-order valence-electron chi connectivity index (χ0n) is 16.9. The second-order valence-corrected chi connectivity index (χ2v) is 9.19. The number of nitrogens with zero attached hydrogens (tertiary/aromatic N) is 1. The minimum Gasteiger partial charge on any atom is -0.361 e. The van der Waals surface area contributed by atoms with Gasteiger partial charge in [-0.25, -0.2) is 0 Å². The molecule has 0 spiro atoms. The number of nitrogens with one attached hydrogen (secondary N) is 1. The number of carbonyl (C=O) groups excluding carboxylic acids is 1. The number of rotatable bonds is 4. The van der Waals surface area contributed by atoms with Gasteiger partial charge in [-0.3, -0.25) is 14.2 Å². The molecule has 1 aliphatic carbocycles. The second-order valence-electron chi connectivity index (χ2n) is 8.32. The predicted octanol–water partition coefficient (Wildman–Crippen LogP) is 6.28. The van der Waals surface area contributed by atoms with Crippen molar-refractivity contribution in [3.05, 3.63) is 97.8 Å². The van der Waals surface area contributed by atoms with Crippen LogP contribution in [0, 0.1) is 5.92 Å². The highest BCUT2D eigenvalue weighted by molar-refractivity contribution is 6.30. The van der Waals surface area contributed by atoms with Gasteiger partial charge in [0.05, 0.1) is 17.6 Å². The first-order valence-corrected chi connectivity index (χ1v) is 11.4. The largest absolute Gasteiger partial charge is 0.361 e. The van der Waals surface area contributed by atoms with Crippen LogP contribution in [0.3, 0.4) is 0 Å². The van der Waals surface area contributed by atoms with E-state index in [1.807, 2.05) is 48.5 Å². The molecule has 1 saturated carbocycles. The standard InChI is InChI=1S/C25H22Cl2N2O2/c26-18-9-5-15(6-10-18)22-23(16-7-11-19(27)12-8-16)29-21(30)14-13-20(25(29)28-22)24(31)17-3-1-2-4-17/h5-14,17,22-23,28H,1-4H2/t22-,23+/m1/s1. The van der Waals surface area contributed by atoms with Crippen molar-refractivity contribution in [1.82, 2.24) is 4.57 Å².